The van der Waals surface area contributed by atoms with Crippen LogP contribution in [0, 0.1) is 0 Å². The zero-order chi connectivity index (χ0) is 16.8. The lowest BCUT2D eigenvalue weighted by Crippen LogP contribution is -2.27. The molecule has 2 aromatic heterocycles. The van der Waals surface area contributed by atoms with Gasteiger partial charge in [-0.2, -0.15) is 0 Å². The summed E-state index contributed by atoms with van der Waals surface area (Å²) in [6.45, 7) is 0.435. The molecule has 3 aromatic rings. The van der Waals surface area contributed by atoms with Crippen molar-refractivity contribution in [3.05, 3.63) is 65.3 Å². The third kappa shape index (κ3) is 4.39. The first-order valence-corrected chi connectivity index (χ1v) is 7.82. The largest absolute Gasteiger partial charge is 0.421 e. The fourth-order valence-electron chi connectivity index (χ4n) is 2.12. The van der Waals surface area contributed by atoms with Crippen LogP contribution in [-0.4, -0.2) is 27.6 Å². The zero-order valence-electron chi connectivity index (χ0n) is 12.8. The molecule has 0 saturated carbocycles. The van der Waals surface area contributed by atoms with Crippen molar-refractivity contribution in [2.24, 2.45) is 0 Å². The van der Waals surface area contributed by atoms with Crippen molar-refractivity contribution in [3.8, 4) is 11.5 Å². The Morgan fingerprint density at radius 2 is 1.83 bits per heavy atom. The van der Waals surface area contributed by atoms with Gasteiger partial charge >= 0.3 is 0 Å². The Morgan fingerprint density at radius 3 is 2.58 bits per heavy atom. The Bertz CT molecular complexity index is 803. The van der Waals surface area contributed by atoms with E-state index in [1.54, 1.807) is 36.7 Å². The number of pyridine rings is 1. The molecule has 6 nitrogen and oxygen atoms in total. The lowest BCUT2D eigenvalue weighted by Gasteiger charge is -2.04. The molecule has 0 radical (unpaired) electrons. The second-order valence-electron chi connectivity index (χ2n) is 5.14. The molecule has 0 fully saturated rings. The van der Waals surface area contributed by atoms with Crippen LogP contribution in [0.15, 0.2) is 53.2 Å². The van der Waals surface area contributed by atoms with Crippen molar-refractivity contribution in [3.63, 3.8) is 0 Å². The van der Waals surface area contributed by atoms with Crippen LogP contribution < -0.4 is 5.32 Å². The number of benzene rings is 1. The second kappa shape index (κ2) is 7.70. The van der Waals surface area contributed by atoms with E-state index >= 15 is 0 Å². The fourth-order valence-corrected chi connectivity index (χ4v) is 2.25. The Morgan fingerprint density at radius 1 is 1.08 bits per heavy atom. The van der Waals surface area contributed by atoms with Crippen molar-refractivity contribution in [1.29, 1.82) is 0 Å². The van der Waals surface area contributed by atoms with E-state index in [-0.39, 0.29) is 5.91 Å². The third-order valence-corrected chi connectivity index (χ3v) is 3.59. The maximum absolute atomic E-state index is 11.9. The first kappa shape index (κ1) is 16.1. The van der Waals surface area contributed by atoms with Gasteiger partial charge in [-0.05, 0) is 29.8 Å². The molecule has 2 heterocycles. The molecule has 0 atom stereocenters. The van der Waals surface area contributed by atoms with Gasteiger partial charge in [0.25, 0.3) is 0 Å². The molecule has 1 N–H and O–H groups in total. The molecule has 0 unspecified atom stereocenters. The number of nitrogens with zero attached hydrogens (tertiary/aromatic N) is 3. The van der Waals surface area contributed by atoms with Gasteiger partial charge in [0, 0.05) is 35.9 Å². The van der Waals surface area contributed by atoms with Crippen LogP contribution in [0.3, 0.4) is 0 Å². The van der Waals surface area contributed by atoms with Crippen molar-refractivity contribution in [2.45, 2.75) is 12.8 Å². The van der Waals surface area contributed by atoms with Crippen LogP contribution in [-0.2, 0) is 17.6 Å². The summed E-state index contributed by atoms with van der Waals surface area (Å²) in [5, 5.41) is 11.5. The van der Waals surface area contributed by atoms with E-state index in [0.29, 0.717) is 36.2 Å². The van der Waals surface area contributed by atoms with E-state index in [1.165, 1.54) is 0 Å². The van der Waals surface area contributed by atoms with Crippen molar-refractivity contribution >= 4 is 17.5 Å². The SMILES string of the molecule is O=C(Cc1ccc(Cl)cc1)NCCc1nnc(-c2ccncc2)o1. The number of aromatic nitrogens is 3. The lowest BCUT2D eigenvalue weighted by atomic mass is 10.1. The van der Waals surface area contributed by atoms with Gasteiger partial charge in [-0.3, -0.25) is 9.78 Å². The van der Waals surface area contributed by atoms with Crippen molar-refractivity contribution < 1.29 is 9.21 Å². The average Bonchev–Trinajstić information content (AvgIpc) is 3.07. The topological polar surface area (TPSA) is 80.9 Å². The minimum atomic E-state index is -0.0637. The van der Waals surface area contributed by atoms with Gasteiger partial charge in [0.15, 0.2) is 0 Å². The summed E-state index contributed by atoms with van der Waals surface area (Å²) >= 11 is 5.82. The quantitative estimate of drug-likeness (QED) is 0.745. The van der Waals surface area contributed by atoms with Crippen molar-refractivity contribution in [2.75, 3.05) is 6.54 Å². The highest BCUT2D eigenvalue weighted by Crippen LogP contribution is 2.16. The summed E-state index contributed by atoms with van der Waals surface area (Å²) in [7, 11) is 0. The summed E-state index contributed by atoms with van der Waals surface area (Å²) in [6, 6.07) is 10.8. The van der Waals surface area contributed by atoms with Crippen LogP contribution in [0.4, 0.5) is 0 Å². The van der Waals surface area contributed by atoms with E-state index in [4.69, 9.17) is 16.0 Å². The second-order valence-corrected chi connectivity index (χ2v) is 5.58. The van der Waals surface area contributed by atoms with Crippen LogP contribution in [0.25, 0.3) is 11.5 Å². The Kier molecular flexibility index (Phi) is 5.18. The molecule has 0 bridgehead atoms. The minimum absolute atomic E-state index is 0.0637. The van der Waals surface area contributed by atoms with Gasteiger partial charge in [-0.1, -0.05) is 23.7 Å². The predicted molar refractivity (Wildman–Crippen MR) is 89.4 cm³/mol. The van der Waals surface area contributed by atoms with E-state index in [2.05, 4.69) is 20.5 Å². The van der Waals surface area contributed by atoms with Gasteiger partial charge in [-0.25, -0.2) is 0 Å². The number of carbonyl (C=O) groups excluding carboxylic acids is 1. The smallest absolute Gasteiger partial charge is 0.247 e. The maximum Gasteiger partial charge on any atom is 0.247 e. The number of rotatable bonds is 6. The Labute approximate surface area is 143 Å². The number of hydrogen-bond acceptors (Lipinski definition) is 5. The van der Waals surface area contributed by atoms with Gasteiger partial charge in [0.1, 0.15) is 0 Å². The minimum Gasteiger partial charge on any atom is -0.421 e. The summed E-state index contributed by atoms with van der Waals surface area (Å²) in [5.74, 6) is 0.861. The number of halogens is 1. The van der Waals surface area contributed by atoms with E-state index < -0.39 is 0 Å². The number of carbonyl (C=O) groups is 1. The number of nitrogens with one attached hydrogen (secondary N) is 1. The Balaban J connectivity index is 1.47. The normalized spacial score (nSPS) is 10.5. The zero-order valence-corrected chi connectivity index (χ0v) is 13.5. The molecule has 24 heavy (non-hydrogen) atoms. The fraction of sp³-hybridized carbons (Fsp3) is 0.176. The first-order valence-electron chi connectivity index (χ1n) is 7.44. The monoisotopic (exact) mass is 342 g/mol. The summed E-state index contributed by atoms with van der Waals surface area (Å²) in [6.07, 6.45) is 4.11. The first-order chi connectivity index (χ1) is 11.7. The van der Waals surface area contributed by atoms with Gasteiger partial charge in [-0.15, -0.1) is 10.2 Å². The van der Waals surface area contributed by atoms with E-state index in [1.807, 2.05) is 12.1 Å². The molecule has 3 rings (SSSR count). The van der Waals surface area contributed by atoms with Gasteiger partial charge in [0.05, 0.1) is 6.42 Å². The molecule has 0 spiro atoms. The van der Waals surface area contributed by atoms with Crippen LogP contribution >= 0.6 is 11.6 Å². The molecule has 1 aromatic carbocycles. The van der Waals surface area contributed by atoms with Crippen molar-refractivity contribution in [1.82, 2.24) is 20.5 Å². The van der Waals surface area contributed by atoms with E-state index in [9.17, 15) is 4.79 Å². The predicted octanol–water partition coefficient (Wildman–Crippen LogP) is 2.69. The van der Waals surface area contributed by atoms with Gasteiger partial charge in [0.2, 0.25) is 17.7 Å². The van der Waals surface area contributed by atoms with Crippen LogP contribution in [0.5, 0.6) is 0 Å². The number of hydrogen-bond donors (Lipinski definition) is 1. The molecule has 0 aliphatic carbocycles. The summed E-state index contributed by atoms with van der Waals surface area (Å²) in [4.78, 5) is 15.8. The maximum atomic E-state index is 11.9. The molecule has 0 aliphatic heterocycles. The van der Waals surface area contributed by atoms with Gasteiger partial charge < -0.3 is 9.73 Å². The highest BCUT2D eigenvalue weighted by Gasteiger charge is 2.09. The highest BCUT2D eigenvalue weighted by atomic mass is 35.5. The molecular weight excluding hydrogens is 328 g/mol. The van der Waals surface area contributed by atoms with Crippen LogP contribution in [0.1, 0.15) is 11.5 Å². The molecule has 7 heteroatoms. The average molecular weight is 343 g/mol. The lowest BCUT2D eigenvalue weighted by molar-refractivity contribution is -0.120. The Hall–Kier alpha value is -2.73. The molecular formula is C17H15ClN4O2. The summed E-state index contributed by atoms with van der Waals surface area (Å²) in [5.41, 5.74) is 1.73. The number of amides is 1. The van der Waals surface area contributed by atoms with E-state index in [0.717, 1.165) is 11.1 Å². The molecule has 0 aliphatic rings. The molecule has 1 amide bonds. The highest BCUT2D eigenvalue weighted by molar-refractivity contribution is 6.30. The summed E-state index contributed by atoms with van der Waals surface area (Å²) < 4.78 is 5.57. The molecule has 122 valence electrons. The van der Waals surface area contributed by atoms with Crippen LogP contribution in [0.2, 0.25) is 5.02 Å². The standard InChI is InChI=1S/C17H15ClN4O2/c18-14-3-1-12(2-4-14)11-15(23)20-10-7-16-21-22-17(24-16)13-5-8-19-9-6-13/h1-6,8-9H,7,10-11H2,(H,20,23). The third-order valence-electron chi connectivity index (χ3n) is 3.33. The molecule has 0 saturated heterocycles.